The molecule has 1 aromatic rings. The van der Waals surface area contributed by atoms with Gasteiger partial charge in [0.25, 0.3) is 0 Å². The first-order valence-corrected chi connectivity index (χ1v) is 6.67. The van der Waals surface area contributed by atoms with Crippen LogP contribution >= 0.6 is 15.9 Å². The molecular formula is C13H18BrNO3. The van der Waals surface area contributed by atoms with Gasteiger partial charge < -0.3 is 14.8 Å². The number of ether oxygens (including phenoxy) is 2. The fourth-order valence-corrected chi connectivity index (χ4v) is 1.52. The van der Waals surface area contributed by atoms with Crippen LogP contribution in [-0.2, 0) is 4.79 Å². The van der Waals surface area contributed by atoms with E-state index in [9.17, 15) is 4.79 Å². The van der Waals surface area contributed by atoms with Gasteiger partial charge in [0.1, 0.15) is 6.10 Å². The van der Waals surface area contributed by atoms with Gasteiger partial charge in [-0.15, -0.1) is 0 Å². The third-order valence-corrected chi connectivity index (χ3v) is 2.74. The van der Waals surface area contributed by atoms with Gasteiger partial charge in [-0.2, -0.15) is 0 Å². The topological polar surface area (TPSA) is 47.6 Å². The molecule has 0 aliphatic carbocycles. The van der Waals surface area contributed by atoms with Gasteiger partial charge in [-0.05, 0) is 26.0 Å². The smallest absolute Gasteiger partial charge is 0.233 e. The third-order valence-electron chi connectivity index (χ3n) is 2.32. The molecule has 2 unspecified atom stereocenters. The number of carbonyl (C=O) groups excluding carboxylic acids is 1. The van der Waals surface area contributed by atoms with Gasteiger partial charge in [0.15, 0.2) is 11.5 Å². The highest BCUT2D eigenvalue weighted by molar-refractivity contribution is 9.10. The molecule has 0 saturated heterocycles. The van der Waals surface area contributed by atoms with Crippen LogP contribution in [0.1, 0.15) is 13.8 Å². The number of para-hydroxylation sites is 2. The molecule has 1 aromatic carbocycles. The Kier molecular flexibility index (Phi) is 5.98. The zero-order valence-corrected chi connectivity index (χ0v) is 12.4. The molecule has 18 heavy (non-hydrogen) atoms. The second kappa shape index (κ2) is 7.26. The summed E-state index contributed by atoms with van der Waals surface area (Å²) in [6, 6.07) is 7.43. The Hall–Kier alpha value is -1.23. The minimum atomic E-state index is -0.198. The molecule has 1 N–H and O–H groups in total. The number of hydrogen-bond donors (Lipinski definition) is 1. The maximum absolute atomic E-state index is 11.4. The summed E-state index contributed by atoms with van der Waals surface area (Å²) in [5.41, 5.74) is 0. The zero-order valence-electron chi connectivity index (χ0n) is 10.8. The fourth-order valence-electron chi connectivity index (χ4n) is 1.36. The molecule has 100 valence electrons. The number of alkyl halides is 1. The summed E-state index contributed by atoms with van der Waals surface area (Å²) in [6.45, 7) is 4.12. The number of hydrogen-bond acceptors (Lipinski definition) is 3. The molecule has 1 rings (SSSR count). The minimum absolute atomic E-state index is 0.0505. The van der Waals surface area contributed by atoms with Crippen LogP contribution in [0.5, 0.6) is 11.5 Å². The van der Waals surface area contributed by atoms with Crippen LogP contribution in [0.4, 0.5) is 0 Å². The van der Waals surface area contributed by atoms with E-state index in [0.29, 0.717) is 18.0 Å². The molecule has 0 aliphatic heterocycles. The van der Waals surface area contributed by atoms with Crippen molar-refractivity contribution in [3.05, 3.63) is 24.3 Å². The van der Waals surface area contributed by atoms with E-state index < -0.39 is 0 Å². The third kappa shape index (κ3) is 4.56. The van der Waals surface area contributed by atoms with Crippen LogP contribution in [-0.4, -0.2) is 30.5 Å². The van der Waals surface area contributed by atoms with E-state index in [-0.39, 0.29) is 16.8 Å². The number of halogens is 1. The van der Waals surface area contributed by atoms with Crippen molar-refractivity contribution in [3.63, 3.8) is 0 Å². The molecule has 0 spiro atoms. The Morgan fingerprint density at radius 3 is 2.50 bits per heavy atom. The lowest BCUT2D eigenvalue weighted by Gasteiger charge is -2.17. The van der Waals surface area contributed by atoms with E-state index in [1.54, 1.807) is 14.0 Å². The molecule has 0 aromatic heterocycles. The lowest BCUT2D eigenvalue weighted by atomic mass is 10.3. The first kappa shape index (κ1) is 14.8. The summed E-state index contributed by atoms with van der Waals surface area (Å²) < 4.78 is 10.9. The van der Waals surface area contributed by atoms with Gasteiger partial charge in [-0.25, -0.2) is 0 Å². The van der Waals surface area contributed by atoms with Gasteiger partial charge in [-0.3, -0.25) is 4.79 Å². The Balaban J connectivity index is 2.49. The highest BCUT2D eigenvalue weighted by Gasteiger charge is 2.12. The summed E-state index contributed by atoms with van der Waals surface area (Å²) in [4.78, 5) is 11.2. The quantitative estimate of drug-likeness (QED) is 0.820. The van der Waals surface area contributed by atoms with Crippen molar-refractivity contribution in [2.24, 2.45) is 0 Å². The Morgan fingerprint density at radius 2 is 1.94 bits per heavy atom. The number of benzene rings is 1. The zero-order chi connectivity index (χ0) is 13.5. The van der Waals surface area contributed by atoms with Gasteiger partial charge >= 0.3 is 0 Å². The maximum atomic E-state index is 11.4. The minimum Gasteiger partial charge on any atom is -0.493 e. The summed E-state index contributed by atoms with van der Waals surface area (Å²) >= 11 is 3.21. The van der Waals surface area contributed by atoms with Crippen LogP contribution in [0, 0.1) is 0 Å². The summed E-state index contributed by atoms with van der Waals surface area (Å²) in [6.07, 6.45) is -0.128. The lowest BCUT2D eigenvalue weighted by Crippen LogP contribution is -2.36. The average Bonchev–Trinajstić information content (AvgIpc) is 2.36. The van der Waals surface area contributed by atoms with Gasteiger partial charge in [0, 0.05) is 0 Å². The van der Waals surface area contributed by atoms with E-state index in [4.69, 9.17) is 9.47 Å². The number of amides is 1. The molecule has 0 aliphatic rings. The predicted octanol–water partition coefficient (Wildman–Crippen LogP) is 2.36. The van der Waals surface area contributed by atoms with Gasteiger partial charge in [-0.1, -0.05) is 28.1 Å². The van der Waals surface area contributed by atoms with Crippen molar-refractivity contribution in [1.29, 1.82) is 0 Å². The molecule has 0 fully saturated rings. The predicted molar refractivity (Wildman–Crippen MR) is 74.5 cm³/mol. The van der Waals surface area contributed by atoms with E-state index in [1.807, 2.05) is 31.2 Å². The standard InChI is InChI=1S/C13H18BrNO3/c1-9(8-15-13(16)10(2)14)18-12-7-5-4-6-11(12)17-3/h4-7,9-10H,8H2,1-3H3,(H,15,16). The van der Waals surface area contributed by atoms with Crippen LogP contribution in [0.2, 0.25) is 0 Å². The number of nitrogens with one attached hydrogen (secondary N) is 1. The molecule has 0 bridgehead atoms. The Morgan fingerprint density at radius 1 is 1.33 bits per heavy atom. The first-order valence-electron chi connectivity index (χ1n) is 5.76. The first-order chi connectivity index (χ1) is 8.54. The van der Waals surface area contributed by atoms with Crippen molar-refractivity contribution < 1.29 is 14.3 Å². The van der Waals surface area contributed by atoms with Crippen LogP contribution in [0.3, 0.4) is 0 Å². The van der Waals surface area contributed by atoms with Crippen molar-refractivity contribution in [1.82, 2.24) is 5.32 Å². The molecule has 4 nitrogen and oxygen atoms in total. The van der Waals surface area contributed by atoms with Crippen LogP contribution < -0.4 is 14.8 Å². The number of methoxy groups -OCH3 is 1. The van der Waals surface area contributed by atoms with Crippen molar-refractivity contribution in [2.75, 3.05) is 13.7 Å². The number of rotatable bonds is 6. The Bertz CT molecular complexity index is 396. The second-order valence-corrected chi connectivity index (χ2v) is 5.31. The van der Waals surface area contributed by atoms with Crippen LogP contribution in [0.15, 0.2) is 24.3 Å². The van der Waals surface area contributed by atoms with Crippen molar-refractivity contribution in [2.45, 2.75) is 24.8 Å². The normalized spacial score (nSPS) is 13.6. The Labute approximate surface area is 116 Å². The SMILES string of the molecule is COc1ccccc1OC(C)CNC(=O)C(C)Br. The summed E-state index contributed by atoms with van der Waals surface area (Å²) in [5, 5.41) is 2.79. The van der Waals surface area contributed by atoms with Crippen molar-refractivity contribution >= 4 is 21.8 Å². The van der Waals surface area contributed by atoms with Crippen LogP contribution in [0.25, 0.3) is 0 Å². The second-order valence-electron chi connectivity index (χ2n) is 3.94. The van der Waals surface area contributed by atoms with Gasteiger partial charge in [0.2, 0.25) is 5.91 Å². The van der Waals surface area contributed by atoms with Gasteiger partial charge in [0.05, 0.1) is 18.5 Å². The fraction of sp³-hybridized carbons (Fsp3) is 0.462. The summed E-state index contributed by atoms with van der Waals surface area (Å²) in [7, 11) is 1.60. The molecule has 0 radical (unpaired) electrons. The van der Waals surface area contributed by atoms with E-state index in [0.717, 1.165) is 0 Å². The lowest BCUT2D eigenvalue weighted by molar-refractivity contribution is -0.120. The summed E-state index contributed by atoms with van der Waals surface area (Å²) in [5.74, 6) is 1.31. The molecule has 1 amide bonds. The van der Waals surface area contributed by atoms with Crippen molar-refractivity contribution in [3.8, 4) is 11.5 Å². The highest BCUT2D eigenvalue weighted by Crippen LogP contribution is 2.26. The van der Waals surface area contributed by atoms with E-state index >= 15 is 0 Å². The molecule has 2 atom stereocenters. The maximum Gasteiger partial charge on any atom is 0.233 e. The van der Waals surface area contributed by atoms with E-state index in [2.05, 4.69) is 21.2 Å². The molecule has 0 saturated carbocycles. The largest absolute Gasteiger partial charge is 0.493 e. The molecular weight excluding hydrogens is 298 g/mol. The monoisotopic (exact) mass is 315 g/mol. The molecule has 0 heterocycles. The van der Waals surface area contributed by atoms with E-state index in [1.165, 1.54) is 0 Å². The molecule has 5 heteroatoms. The highest BCUT2D eigenvalue weighted by atomic mass is 79.9. The number of carbonyl (C=O) groups is 1. The average molecular weight is 316 g/mol.